The van der Waals surface area contributed by atoms with Crippen LogP contribution in [0.1, 0.15) is 39.2 Å². The number of carbonyl (C=O) groups excluding carboxylic acids is 1. The number of benzene rings is 1. The fourth-order valence-corrected chi connectivity index (χ4v) is 2.38. The molecule has 1 aliphatic rings. The number of anilines is 1. The van der Waals surface area contributed by atoms with Gasteiger partial charge in [0.05, 0.1) is 12.3 Å². The number of amides is 1. The van der Waals surface area contributed by atoms with Crippen LogP contribution < -0.4 is 20.5 Å². The topological polar surface area (TPSA) is 73.6 Å². The average molecular weight is 292 g/mol. The van der Waals surface area contributed by atoms with Crippen LogP contribution in [0.4, 0.5) is 5.69 Å². The zero-order valence-corrected chi connectivity index (χ0v) is 12.9. The van der Waals surface area contributed by atoms with Gasteiger partial charge >= 0.3 is 0 Å². The summed E-state index contributed by atoms with van der Waals surface area (Å²) in [5.74, 6) is 1.47. The molecule has 0 aromatic heterocycles. The SMILES string of the molecule is CCOc1cc2c(cc1NC(=O)CCC(C)N)OC(C)C2. The van der Waals surface area contributed by atoms with Crippen molar-refractivity contribution in [3.8, 4) is 11.5 Å². The van der Waals surface area contributed by atoms with Gasteiger partial charge in [0, 0.05) is 30.5 Å². The van der Waals surface area contributed by atoms with Gasteiger partial charge in [0.15, 0.2) is 0 Å². The molecule has 0 fully saturated rings. The molecule has 0 saturated heterocycles. The highest BCUT2D eigenvalue weighted by Gasteiger charge is 2.22. The van der Waals surface area contributed by atoms with Crippen LogP contribution in [0.2, 0.25) is 0 Å². The molecule has 3 N–H and O–H groups in total. The van der Waals surface area contributed by atoms with Crippen LogP contribution >= 0.6 is 0 Å². The molecule has 2 atom stereocenters. The molecule has 0 spiro atoms. The zero-order chi connectivity index (χ0) is 15.4. The second-order valence-electron chi connectivity index (χ2n) is 5.59. The fourth-order valence-electron chi connectivity index (χ4n) is 2.38. The molecule has 1 aromatic rings. The van der Waals surface area contributed by atoms with Crippen molar-refractivity contribution in [3.05, 3.63) is 17.7 Å². The van der Waals surface area contributed by atoms with Gasteiger partial charge in [-0.25, -0.2) is 0 Å². The summed E-state index contributed by atoms with van der Waals surface area (Å²) in [6.07, 6.45) is 2.10. The average Bonchev–Trinajstić information content (AvgIpc) is 2.76. The summed E-state index contributed by atoms with van der Waals surface area (Å²) in [6.45, 7) is 6.40. The minimum Gasteiger partial charge on any atom is -0.492 e. The van der Waals surface area contributed by atoms with Crippen LogP contribution in [-0.2, 0) is 11.2 Å². The minimum absolute atomic E-state index is 0.0197. The number of hydrogen-bond acceptors (Lipinski definition) is 4. The van der Waals surface area contributed by atoms with Crippen LogP contribution in [0, 0.1) is 0 Å². The first-order valence-electron chi connectivity index (χ1n) is 7.51. The number of nitrogens with two attached hydrogens (primary N) is 1. The first-order chi connectivity index (χ1) is 9.99. The van der Waals surface area contributed by atoms with E-state index in [-0.39, 0.29) is 18.1 Å². The predicted molar refractivity (Wildman–Crippen MR) is 82.9 cm³/mol. The van der Waals surface area contributed by atoms with E-state index < -0.39 is 0 Å². The first kappa shape index (κ1) is 15.6. The molecule has 2 rings (SSSR count). The lowest BCUT2D eigenvalue weighted by Crippen LogP contribution is -2.19. The van der Waals surface area contributed by atoms with Crippen molar-refractivity contribution in [1.82, 2.24) is 0 Å². The molecule has 5 nitrogen and oxygen atoms in total. The van der Waals surface area contributed by atoms with Gasteiger partial charge in [0.25, 0.3) is 0 Å². The van der Waals surface area contributed by atoms with Crippen LogP contribution in [0.3, 0.4) is 0 Å². The third kappa shape index (κ3) is 4.11. The Bertz CT molecular complexity index is 514. The lowest BCUT2D eigenvalue weighted by molar-refractivity contribution is -0.116. The maximum Gasteiger partial charge on any atom is 0.224 e. The van der Waals surface area contributed by atoms with E-state index in [1.54, 1.807) is 0 Å². The van der Waals surface area contributed by atoms with Crippen LogP contribution in [0.15, 0.2) is 12.1 Å². The van der Waals surface area contributed by atoms with Crippen molar-refractivity contribution < 1.29 is 14.3 Å². The van der Waals surface area contributed by atoms with E-state index in [9.17, 15) is 4.79 Å². The van der Waals surface area contributed by atoms with E-state index in [1.807, 2.05) is 32.9 Å². The Kier molecular flexibility index (Phi) is 5.07. The van der Waals surface area contributed by atoms with Crippen molar-refractivity contribution in [1.29, 1.82) is 0 Å². The summed E-state index contributed by atoms with van der Waals surface area (Å²) in [6, 6.07) is 3.84. The molecule has 1 aliphatic heterocycles. The molecule has 2 unspecified atom stereocenters. The Morgan fingerprint density at radius 2 is 2.33 bits per heavy atom. The van der Waals surface area contributed by atoms with E-state index in [0.29, 0.717) is 30.9 Å². The summed E-state index contributed by atoms with van der Waals surface area (Å²) in [5.41, 5.74) is 7.47. The standard InChI is InChI=1S/C16H24N2O3/c1-4-20-15-8-12-7-11(3)21-14(12)9-13(15)18-16(19)6-5-10(2)17/h8-11H,4-7,17H2,1-3H3,(H,18,19). The Balaban J connectivity index is 2.14. The summed E-state index contributed by atoms with van der Waals surface area (Å²) in [4.78, 5) is 12.0. The number of rotatable bonds is 6. The van der Waals surface area contributed by atoms with Crippen molar-refractivity contribution in [3.63, 3.8) is 0 Å². The molecule has 1 aromatic carbocycles. The normalized spacial score (nSPS) is 17.8. The number of fused-ring (bicyclic) bond motifs is 1. The lowest BCUT2D eigenvalue weighted by Gasteiger charge is -2.14. The fraction of sp³-hybridized carbons (Fsp3) is 0.562. The predicted octanol–water partition coefficient (Wildman–Crippen LogP) is 2.47. The molecule has 5 heteroatoms. The molecule has 0 saturated carbocycles. The van der Waals surface area contributed by atoms with Gasteiger partial charge in [-0.1, -0.05) is 0 Å². The minimum atomic E-state index is -0.0563. The van der Waals surface area contributed by atoms with Gasteiger partial charge < -0.3 is 20.5 Å². The number of nitrogens with one attached hydrogen (secondary N) is 1. The molecule has 0 aliphatic carbocycles. The molecule has 1 heterocycles. The van der Waals surface area contributed by atoms with Gasteiger partial charge in [0.1, 0.15) is 17.6 Å². The third-order valence-corrected chi connectivity index (χ3v) is 3.40. The highest BCUT2D eigenvalue weighted by Crippen LogP contribution is 2.38. The van der Waals surface area contributed by atoms with Crippen molar-refractivity contribution in [2.75, 3.05) is 11.9 Å². The van der Waals surface area contributed by atoms with E-state index in [2.05, 4.69) is 5.32 Å². The molecule has 1 amide bonds. The Morgan fingerprint density at radius 1 is 1.57 bits per heavy atom. The molecule has 116 valence electrons. The maximum atomic E-state index is 12.0. The Hall–Kier alpha value is -1.75. The quantitative estimate of drug-likeness (QED) is 0.844. The van der Waals surface area contributed by atoms with Crippen LogP contribution in [0.25, 0.3) is 0 Å². The van der Waals surface area contributed by atoms with E-state index in [4.69, 9.17) is 15.2 Å². The lowest BCUT2D eigenvalue weighted by atomic mass is 10.1. The van der Waals surface area contributed by atoms with Gasteiger partial charge in [-0.2, -0.15) is 0 Å². The number of carbonyl (C=O) groups is 1. The molecule has 0 radical (unpaired) electrons. The Morgan fingerprint density at radius 3 is 3.00 bits per heavy atom. The van der Waals surface area contributed by atoms with Crippen molar-refractivity contribution >= 4 is 11.6 Å². The van der Waals surface area contributed by atoms with Crippen molar-refractivity contribution in [2.45, 2.75) is 52.2 Å². The highest BCUT2D eigenvalue weighted by atomic mass is 16.5. The smallest absolute Gasteiger partial charge is 0.224 e. The van der Waals surface area contributed by atoms with E-state index >= 15 is 0 Å². The van der Waals surface area contributed by atoms with E-state index in [1.165, 1.54) is 0 Å². The van der Waals surface area contributed by atoms with Crippen LogP contribution in [0.5, 0.6) is 11.5 Å². The highest BCUT2D eigenvalue weighted by molar-refractivity contribution is 5.92. The number of ether oxygens (including phenoxy) is 2. The number of hydrogen-bond donors (Lipinski definition) is 2. The van der Waals surface area contributed by atoms with Gasteiger partial charge in [0.2, 0.25) is 5.91 Å². The monoisotopic (exact) mass is 292 g/mol. The largest absolute Gasteiger partial charge is 0.492 e. The summed E-state index contributed by atoms with van der Waals surface area (Å²) < 4.78 is 11.4. The molecule has 0 bridgehead atoms. The summed E-state index contributed by atoms with van der Waals surface area (Å²) >= 11 is 0. The molecular formula is C16H24N2O3. The first-order valence-corrected chi connectivity index (χ1v) is 7.51. The van der Waals surface area contributed by atoms with Gasteiger partial charge in [-0.05, 0) is 33.3 Å². The van der Waals surface area contributed by atoms with Gasteiger partial charge in [-0.15, -0.1) is 0 Å². The zero-order valence-electron chi connectivity index (χ0n) is 12.9. The molecular weight excluding hydrogens is 268 g/mol. The summed E-state index contributed by atoms with van der Waals surface area (Å²) in [7, 11) is 0. The Labute approximate surface area is 125 Å². The van der Waals surface area contributed by atoms with Gasteiger partial charge in [-0.3, -0.25) is 4.79 Å². The van der Waals surface area contributed by atoms with Crippen LogP contribution in [-0.4, -0.2) is 24.7 Å². The summed E-state index contributed by atoms with van der Waals surface area (Å²) in [5, 5.41) is 2.90. The third-order valence-electron chi connectivity index (χ3n) is 3.40. The second kappa shape index (κ2) is 6.80. The second-order valence-corrected chi connectivity index (χ2v) is 5.59. The maximum absolute atomic E-state index is 12.0. The van der Waals surface area contributed by atoms with E-state index in [0.717, 1.165) is 17.7 Å². The van der Waals surface area contributed by atoms with Crippen molar-refractivity contribution in [2.24, 2.45) is 5.73 Å². The molecule has 21 heavy (non-hydrogen) atoms.